The lowest BCUT2D eigenvalue weighted by Gasteiger charge is -2.31. The molecule has 3 heterocycles. The van der Waals surface area contributed by atoms with Crippen LogP contribution in [-0.4, -0.2) is 47.0 Å². The molecule has 5 nitrogen and oxygen atoms in total. The van der Waals surface area contributed by atoms with Crippen LogP contribution in [0.4, 0.5) is 4.39 Å². The molecule has 0 aliphatic carbocycles. The van der Waals surface area contributed by atoms with Crippen LogP contribution in [-0.2, 0) is 6.54 Å². The van der Waals surface area contributed by atoms with Crippen LogP contribution in [0.1, 0.15) is 60.3 Å². The van der Waals surface area contributed by atoms with E-state index in [9.17, 15) is 9.18 Å². The van der Waals surface area contributed by atoms with Crippen LogP contribution in [0.3, 0.4) is 0 Å². The lowest BCUT2D eigenvalue weighted by atomic mass is 9.94. The Bertz CT molecular complexity index is 796. The Labute approximate surface area is 165 Å². The smallest absolute Gasteiger partial charge is 0.292 e. The Balaban J connectivity index is 1.37. The summed E-state index contributed by atoms with van der Waals surface area (Å²) in [7, 11) is 0. The molecule has 1 aromatic heterocycles. The molecule has 28 heavy (non-hydrogen) atoms. The van der Waals surface area contributed by atoms with E-state index in [2.05, 4.69) is 17.0 Å². The van der Waals surface area contributed by atoms with Gasteiger partial charge in [0.15, 0.2) is 0 Å². The molecule has 0 radical (unpaired) electrons. The van der Waals surface area contributed by atoms with Gasteiger partial charge in [-0.05, 0) is 55.8 Å². The number of rotatable bonds is 4. The fraction of sp³-hybridized carbons (Fsp3) is 0.545. The zero-order chi connectivity index (χ0) is 19.5. The summed E-state index contributed by atoms with van der Waals surface area (Å²) in [5, 5.41) is 4.23. The minimum atomic E-state index is -0.205. The molecular formula is C22H28FN3O2. The summed E-state index contributed by atoms with van der Waals surface area (Å²) in [6.07, 6.45) is 4.22. The number of hydrogen-bond acceptors (Lipinski definition) is 4. The molecule has 2 aliphatic rings. The summed E-state index contributed by atoms with van der Waals surface area (Å²) >= 11 is 0. The van der Waals surface area contributed by atoms with Gasteiger partial charge >= 0.3 is 0 Å². The highest BCUT2D eigenvalue weighted by Crippen LogP contribution is 2.28. The summed E-state index contributed by atoms with van der Waals surface area (Å²) in [5.41, 5.74) is 1.98. The van der Waals surface area contributed by atoms with Crippen molar-refractivity contribution in [3.05, 3.63) is 53.2 Å². The number of carbonyl (C=O) groups is 1. The molecule has 2 fully saturated rings. The third-order valence-electron chi connectivity index (χ3n) is 6.05. The first-order valence-corrected chi connectivity index (χ1v) is 10.3. The highest BCUT2D eigenvalue weighted by atomic mass is 19.1. The Morgan fingerprint density at radius 3 is 2.68 bits per heavy atom. The van der Waals surface area contributed by atoms with Crippen LogP contribution in [0.2, 0.25) is 0 Å². The standard InChI is InChI=1S/C22H28FN3O2/c1-16-8-11-26(12-9-16)22(27)21-13-20(24-28-21)18-3-2-10-25(15-18)14-17-4-6-19(23)7-5-17/h4-7,13,16,18H,2-3,8-12,14-15H2,1H3. The number of piperidine rings is 2. The first-order valence-electron chi connectivity index (χ1n) is 10.3. The predicted octanol–water partition coefficient (Wildman–Crippen LogP) is 4.07. The van der Waals surface area contributed by atoms with Crippen LogP contribution in [0.25, 0.3) is 0 Å². The van der Waals surface area contributed by atoms with E-state index in [1.165, 1.54) is 12.1 Å². The molecule has 1 aromatic carbocycles. The van der Waals surface area contributed by atoms with Gasteiger partial charge in [-0.1, -0.05) is 24.2 Å². The van der Waals surface area contributed by atoms with E-state index in [1.54, 1.807) is 0 Å². The Hall–Kier alpha value is -2.21. The number of benzene rings is 1. The van der Waals surface area contributed by atoms with E-state index in [0.29, 0.717) is 11.7 Å². The molecule has 4 rings (SSSR count). The summed E-state index contributed by atoms with van der Waals surface area (Å²) in [6, 6.07) is 8.53. The van der Waals surface area contributed by atoms with Crippen molar-refractivity contribution in [3.63, 3.8) is 0 Å². The maximum Gasteiger partial charge on any atom is 0.292 e. The van der Waals surface area contributed by atoms with E-state index >= 15 is 0 Å². The Morgan fingerprint density at radius 2 is 1.93 bits per heavy atom. The fourth-order valence-corrected chi connectivity index (χ4v) is 4.24. The van der Waals surface area contributed by atoms with Crippen molar-refractivity contribution in [1.82, 2.24) is 15.0 Å². The largest absolute Gasteiger partial charge is 0.351 e. The van der Waals surface area contributed by atoms with Crippen molar-refractivity contribution in [2.45, 2.75) is 45.1 Å². The van der Waals surface area contributed by atoms with E-state index < -0.39 is 0 Å². The van der Waals surface area contributed by atoms with Crippen molar-refractivity contribution < 1.29 is 13.7 Å². The van der Waals surface area contributed by atoms with Gasteiger partial charge in [-0.15, -0.1) is 0 Å². The number of aromatic nitrogens is 1. The van der Waals surface area contributed by atoms with Crippen molar-refractivity contribution >= 4 is 5.91 Å². The lowest BCUT2D eigenvalue weighted by Crippen LogP contribution is -2.37. The third kappa shape index (κ3) is 4.43. The maximum atomic E-state index is 13.1. The summed E-state index contributed by atoms with van der Waals surface area (Å²) in [6.45, 7) is 6.51. The normalized spacial score (nSPS) is 21.8. The van der Waals surface area contributed by atoms with Crippen molar-refractivity contribution in [3.8, 4) is 0 Å². The number of likely N-dealkylation sites (tertiary alicyclic amines) is 2. The topological polar surface area (TPSA) is 49.6 Å². The van der Waals surface area contributed by atoms with Crippen molar-refractivity contribution in [2.75, 3.05) is 26.2 Å². The molecule has 150 valence electrons. The number of hydrogen-bond donors (Lipinski definition) is 0. The molecule has 0 N–H and O–H groups in total. The van der Waals surface area contributed by atoms with E-state index in [1.807, 2.05) is 23.1 Å². The lowest BCUT2D eigenvalue weighted by molar-refractivity contribution is 0.0655. The second-order valence-corrected chi connectivity index (χ2v) is 8.29. The predicted molar refractivity (Wildman–Crippen MR) is 104 cm³/mol. The molecule has 2 aromatic rings. The zero-order valence-corrected chi connectivity index (χ0v) is 16.4. The van der Waals surface area contributed by atoms with Gasteiger partial charge in [-0.2, -0.15) is 0 Å². The number of halogens is 1. The molecule has 6 heteroatoms. The van der Waals surface area contributed by atoms with Crippen molar-refractivity contribution in [2.24, 2.45) is 5.92 Å². The van der Waals surface area contributed by atoms with Gasteiger partial charge in [0, 0.05) is 38.2 Å². The van der Waals surface area contributed by atoms with Gasteiger partial charge in [-0.3, -0.25) is 9.69 Å². The van der Waals surface area contributed by atoms with Gasteiger partial charge in [0.05, 0.1) is 5.69 Å². The van der Waals surface area contributed by atoms with Gasteiger partial charge < -0.3 is 9.42 Å². The monoisotopic (exact) mass is 385 g/mol. The molecular weight excluding hydrogens is 357 g/mol. The second kappa shape index (κ2) is 8.43. The fourth-order valence-electron chi connectivity index (χ4n) is 4.24. The Kier molecular flexibility index (Phi) is 5.76. The third-order valence-corrected chi connectivity index (χ3v) is 6.05. The first-order chi connectivity index (χ1) is 13.6. The molecule has 1 amide bonds. The van der Waals surface area contributed by atoms with E-state index in [-0.39, 0.29) is 17.6 Å². The molecule has 2 aliphatic heterocycles. The number of nitrogens with zero attached hydrogens (tertiary/aromatic N) is 3. The zero-order valence-electron chi connectivity index (χ0n) is 16.4. The molecule has 1 atom stereocenters. The van der Waals surface area contributed by atoms with Crippen LogP contribution >= 0.6 is 0 Å². The molecule has 0 bridgehead atoms. The molecule has 1 unspecified atom stereocenters. The average Bonchev–Trinajstić information content (AvgIpc) is 3.20. The van der Waals surface area contributed by atoms with Gasteiger partial charge in [0.1, 0.15) is 5.82 Å². The summed E-state index contributed by atoms with van der Waals surface area (Å²) in [4.78, 5) is 16.9. The quantitative estimate of drug-likeness (QED) is 0.796. The van der Waals surface area contributed by atoms with Crippen LogP contribution < -0.4 is 0 Å². The van der Waals surface area contributed by atoms with Crippen LogP contribution in [0.15, 0.2) is 34.9 Å². The summed E-state index contributed by atoms with van der Waals surface area (Å²) in [5.74, 6) is 1.07. The highest BCUT2D eigenvalue weighted by molar-refractivity contribution is 5.91. The molecule has 0 saturated carbocycles. The van der Waals surface area contributed by atoms with Gasteiger partial charge in [0.25, 0.3) is 5.91 Å². The van der Waals surface area contributed by atoms with Gasteiger partial charge in [0.2, 0.25) is 5.76 Å². The molecule has 2 saturated heterocycles. The van der Waals surface area contributed by atoms with Gasteiger partial charge in [-0.25, -0.2) is 4.39 Å². The van der Waals surface area contributed by atoms with E-state index in [4.69, 9.17) is 4.52 Å². The minimum Gasteiger partial charge on any atom is -0.351 e. The number of carbonyl (C=O) groups excluding carboxylic acids is 1. The average molecular weight is 385 g/mol. The minimum absolute atomic E-state index is 0.0374. The van der Waals surface area contributed by atoms with Crippen LogP contribution in [0.5, 0.6) is 0 Å². The van der Waals surface area contributed by atoms with Crippen LogP contribution in [0, 0.1) is 11.7 Å². The second-order valence-electron chi connectivity index (χ2n) is 8.29. The van der Waals surface area contributed by atoms with E-state index in [0.717, 1.165) is 69.7 Å². The van der Waals surface area contributed by atoms with Crippen molar-refractivity contribution in [1.29, 1.82) is 0 Å². The highest BCUT2D eigenvalue weighted by Gasteiger charge is 2.28. The number of amides is 1. The molecule has 0 spiro atoms. The summed E-state index contributed by atoms with van der Waals surface area (Å²) < 4.78 is 18.5. The SMILES string of the molecule is CC1CCN(C(=O)c2cc(C3CCCN(Cc4ccc(F)cc4)C3)no2)CC1. The maximum absolute atomic E-state index is 13.1. The first kappa shape index (κ1) is 19.1. The Morgan fingerprint density at radius 1 is 1.18 bits per heavy atom.